The van der Waals surface area contributed by atoms with Crippen molar-refractivity contribution >= 4 is 17.2 Å². The molecule has 6 nitrogen and oxygen atoms in total. The van der Waals surface area contributed by atoms with Crippen LogP contribution in [-0.4, -0.2) is 36.3 Å². The third-order valence-corrected chi connectivity index (χ3v) is 3.91. The summed E-state index contributed by atoms with van der Waals surface area (Å²) in [5.74, 6) is 2.96. The minimum absolute atomic E-state index is 0.559. The predicted molar refractivity (Wildman–Crippen MR) is 70.3 cm³/mol. The number of fused-ring (bicyclic) bond motifs is 2. The van der Waals surface area contributed by atoms with E-state index in [1.807, 2.05) is 5.38 Å². The Morgan fingerprint density at radius 3 is 2.95 bits per heavy atom. The van der Waals surface area contributed by atoms with Crippen molar-refractivity contribution in [2.24, 2.45) is 0 Å². The first kappa shape index (κ1) is 10.9. The number of ether oxygens (including phenoxy) is 3. The summed E-state index contributed by atoms with van der Waals surface area (Å²) in [6, 6.07) is 0. The number of hydrogen-bond donors (Lipinski definition) is 1. The topological polar surface area (TPSA) is 65.5 Å². The molecule has 2 aromatic heterocycles. The molecule has 0 unspecified atom stereocenters. The molecule has 4 rings (SSSR count). The van der Waals surface area contributed by atoms with Crippen LogP contribution < -0.4 is 19.5 Å². The van der Waals surface area contributed by atoms with Crippen molar-refractivity contribution in [3.63, 3.8) is 0 Å². The highest BCUT2D eigenvalue weighted by Crippen LogP contribution is 2.48. The molecule has 19 heavy (non-hydrogen) atoms. The Labute approximate surface area is 113 Å². The van der Waals surface area contributed by atoms with Gasteiger partial charge in [-0.3, -0.25) is 0 Å². The van der Waals surface area contributed by atoms with Crippen LogP contribution in [0.2, 0.25) is 0 Å². The van der Waals surface area contributed by atoms with Gasteiger partial charge in [0.05, 0.1) is 6.54 Å². The van der Waals surface area contributed by atoms with E-state index in [-0.39, 0.29) is 0 Å². The van der Waals surface area contributed by atoms with Crippen LogP contribution in [0.5, 0.6) is 17.2 Å². The largest absolute Gasteiger partial charge is 0.486 e. The number of thiophene rings is 1. The first-order valence-corrected chi connectivity index (χ1v) is 6.90. The van der Waals surface area contributed by atoms with Crippen LogP contribution in [0, 0.1) is 0 Å². The molecule has 0 amide bonds. The summed E-state index contributed by atoms with van der Waals surface area (Å²) in [5, 5.41) is 5.14. The van der Waals surface area contributed by atoms with Crippen molar-refractivity contribution < 1.29 is 14.2 Å². The fraction of sp³-hybridized carbons (Fsp3) is 0.333. The van der Waals surface area contributed by atoms with Gasteiger partial charge in [0, 0.05) is 5.38 Å². The highest BCUT2D eigenvalue weighted by atomic mass is 32.1. The summed E-state index contributed by atoms with van der Waals surface area (Å²) in [4.78, 5) is 9.46. The van der Waals surface area contributed by atoms with E-state index >= 15 is 0 Å². The first-order valence-electron chi connectivity index (χ1n) is 6.02. The Bertz CT molecular complexity index is 629. The van der Waals surface area contributed by atoms with Crippen molar-refractivity contribution in [3.8, 4) is 27.8 Å². The van der Waals surface area contributed by atoms with Gasteiger partial charge in [0.15, 0.2) is 23.1 Å². The molecule has 0 saturated carbocycles. The normalized spacial score (nSPS) is 16.2. The van der Waals surface area contributed by atoms with Gasteiger partial charge in [0.2, 0.25) is 0 Å². The van der Waals surface area contributed by atoms with Crippen molar-refractivity contribution in [3.05, 3.63) is 11.7 Å². The molecule has 0 radical (unpaired) electrons. The number of rotatable bonds is 1. The van der Waals surface area contributed by atoms with E-state index in [4.69, 9.17) is 14.2 Å². The molecule has 98 valence electrons. The molecule has 0 aliphatic carbocycles. The fourth-order valence-corrected chi connectivity index (χ4v) is 3.07. The lowest BCUT2D eigenvalue weighted by molar-refractivity contribution is 0.174. The Morgan fingerprint density at radius 2 is 1.95 bits per heavy atom. The lowest BCUT2D eigenvalue weighted by atomic mass is 10.2. The number of aromatic nitrogens is 2. The maximum Gasteiger partial charge on any atom is 0.189 e. The standard InChI is InChI=1S/C12H11N3O3S/c1-2-17-10-8(14-6-15-12(10)13-1)11-9-7(5-19-11)16-3-4-18-9/h5-6H,1-4H2,(H,13,14,15). The summed E-state index contributed by atoms with van der Waals surface area (Å²) in [6.07, 6.45) is 1.53. The van der Waals surface area contributed by atoms with E-state index in [9.17, 15) is 0 Å². The summed E-state index contributed by atoms with van der Waals surface area (Å²) >= 11 is 1.54. The van der Waals surface area contributed by atoms with E-state index in [1.165, 1.54) is 6.33 Å². The van der Waals surface area contributed by atoms with Crippen LogP contribution >= 0.6 is 11.3 Å². The number of nitrogens with zero attached hydrogens (tertiary/aromatic N) is 2. The molecule has 1 N–H and O–H groups in total. The summed E-state index contributed by atoms with van der Waals surface area (Å²) in [5.41, 5.74) is 0.758. The van der Waals surface area contributed by atoms with Crippen LogP contribution in [0.25, 0.3) is 10.6 Å². The average Bonchev–Trinajstić information content (AvgIpc) is 2.90. The smallest absolute Gasteiger partial charge is 0.189 e. The Balaban J connectivity index is 1.86. The highest BCUT2D eigenvalue weighted by molar-refractivity contribution is 7.14. The Kier molecular flexibility index (Phi) is 2.44. The third kappa shape index (κ3) is 1.69. The lowest BCUT2D eigenvalue weighted by Gasteiger charge is -2.20. The second-order valence-electron chi connectivity index (χ2n) is 4.13. The molecule has 0 fully saturated rings. The molecule has 0 saturated heterocycles. The minimum Gasteiger partial charge on any atom is -0.486 e. The average molecular weight is 277 g/mol. The van der Waals surface area contributed by atoms with Gasteiger partial charge in [0.1, 0.15) is 36.7 Å². The second kappa shape index (κ2) is 4.27. The van der Waals surface area contributed by atoms with E-state index < -0.39 is 0 Å². The fourth-order valence-electron chi connectivity index (χ4n) is 2.15. The molecule has 7 heteroatoms. The van der Waals surface area contributed by atoms with Gasteiger partial charge >= 0.3 is 0 Å². The van der Waals surface area contributed by atoms with Gasteiger partial charge in [-0.1, -0.05) is 0 Å². The molecule has 0 spiro atoms. The number of nitrogens with one attached hydrogen (secondary N) is 1. The van der Waals surface area contributed by atoms with Gasteiger partial charge in [-0.2, -0.15) is 0 Å². The quantitative estimate of drug-likeness (QED) is 0.857. The van der Waals surface area contributed by atoms with Crippen molar-refractivity contribution in [1.82, 2.24) is 9.97 Å². The Hall–Kier alpha value is -2.02. The molecule has 0 aromatic carbocycles. The monoisotopic (exact) mass is 277 g/mol. The maximum atomic E-state index is 5.69. The lowest BCUT2D eigenvalue weighted by Crippen LogP contribution is -2.20. The first-order chi connectivity index (χ1) is 9.43. The van der Waals surface area contributed by atoms with E-state index in [2.05, 4.69) is 15.3 Å². The van der Waals surface area contributed by atoms with Crippen LogP contribution in [-0.2, 0) is 0 Å². The molecule has 0 atom stereocenters. The van der Waals surface area contributed by atoms with Crippen molar-refractivity contribution in [2.45, 2.75) is 0 Å². The molecule has 2 aliphatic rings. The molecule has 0 bridgehead atoms. The molecule has 4 heterocycles. The minimum atomic E-state index is 0.559. The van der Waals surface area contributed by atoms with Crippen molar-refractivity contribution in [1.29, 1.82) is 0 Å². The summed E-state index contributed by atoms with van der Waals surface area (Å²) in [6.45, 7) is 2.51. The molecular weight excluding hydrogens is 266 g/mol. The number of hydrogen-bond acceptors (Lipinski definition) is 7. The van der Waals surface area contributed by atoms with Gasteiger partial charge in [-0.15, -0.1) is 11.3 Å². The van der Waals surface area contributed by atoms with E-state index in [1.54, 1.807) is 11.3 Å². The number of anilines is 1. The van der Waals surface area contributed by atoms with E-state index in [0.29, 0.717) is 25.6 Å². The summed E-state index contributed by atoms with van der Waals surface area (Å²) < 4.78 is 16.9. The van der Waals surface area contributed by atoms with Gasteiger partial charge in [0.25, 0.3) is 0 Å². The predicted octanol–water partition coefficient (Wildman–Crippen LogP) is 1.78. The van der Waals surface area contributed by atoms with Crippen LogP contribution in [0.1, 0.15) is 0 Å². The molecule has 2 aromatic rings. The zero-order chi connectivity index (χ0) is 12.7. The second-order valence-corrected chi connectivity index (χ2v) is 5.01. The zero-order valence-electron chi connectivity index (χ0n) is 10.0. The van der Waals surface area contributed by atoms with Crippen LogP contribution in [0.4, 0.5) is 5.82 Å². The maximum absolute atomic E-state index is 5.69. The molecular formula is C12H11N3O3S. The van der Waals surface area contributed by atoms with Crippen LogP contribution in [0.3, 0.4) is 0 Å². The van der Waals surface area contributed by atoms with Gasteiger partial charge < -0.3 is 19.5 Å². The van der Waals surface area contributed by atoms with Crippen LogP contribution in [0.15, 0.2) is 11.7 Å². The summed E-state index contributed by atoms with van der Waals surface area (Å²) in [7, 11) is 0. The third-order valence-electron chi connectivity index (χ3n) is 2.96. The Morgan fingerprint density at radius 1 is 1.05 bits per heavy atom. The van der Waals surface area contributed by atoms with Crippen molar-refractivity contribution in [2.75, 3.05) is 31.7 Å². The highest BCUT2D eigenvalue weighted by Gasteiger charge is 2.26. The SMILES string of the molecule is c1nc2c(c(-c3scc4c3OCCO4)n1)OCCN2. The zero-order valence-corrected chi connectivity index (χ0v) is 10.8. The van der Waals surface area contributed by atoms with Gasteiger partial charge in [-0.25, -0.2) is 9.97 Å². The van der Waals surface area contributed by atoms with Gasteiger partial charge in [-0.05, 0) is 0 Å². The van der Waals surface area contributed by atoms with E-state index in [0.717, 1.165) is 34.4 Å². The molecule has 2 aliphatic heterocycles.